The summed E-state index contributed by atoms with van der Waals surface area (Å²) in [5.41, 5.74) is 9.41. The number of nitrogen functional groups attached to an aromatic ring is 1. The number of aromatic nitrogens is 4. The molecule has 1 atom stereocenters. The minimum absolute atomic E-state index is 0.0158. The van der Waals surface area contributed by atoms with Crippen LogP contribution in [0.15, 0.2) is 48.8 Å². The van der Waals surface area contributed by atoms with E-state index in [0.29, 0.717) is 35.6 Å². The van der Waals surface area contributed by atoms with Crippen LogP contribution in [-0.2, 0) is 11.3 Å². The molecule has 5 rings (SSSR count). The fraction of sp³-hybridized carbons (Fsp3) is 0.367. The maximum absolute atomic E-state index is 14.1. The number of ether oxygens (including phenoxy) is 1. The number of hydrogen-bond donors (Lipinski definition) is 2. The lowest BCUT2D eigenvalue weighted by molar-refractivity contribution is 0.0169. The summed E-state index contributed by atoms with van der Waals surface area (Å²) in [6.07, 6.45) is 2.69. The van der Waals surface area contributed by atoms with E-state index in [-0.39, 0.29) is 24.2 Å². The fourth-order valence-electron chi connectivity index (χ4n) is 4.97. The van der Waals surface area contributed by atoms with Gasteiger partial charge in [-0.3, -0.25) is 4.79 Å². The van der Waals surface area contributed by atoms with E-state index < -0.39 is 17.3 Å². The molecule has 0 radical (unpaired) electrons. The zero-order valence-corrected chi connectivity index (χ0v) is 23.6. The van der Waals surface area contributed by atoms with Crippen LogP contribution in [0.1, 0.15) is 61.1 Å². The number of nitrogens with zero attached hydrogens (tertiary/aromatic N) is 5. The second kappa shape index (κ2) is 11.1. The molecule has 3 heterocycles. The number of likely N-dealkylation sites (tertiary alicyclic amines) is 1. The highest BCUT2D eigenvalue weighted by Crippen LogP contribution is 2.34. The van der Waals surface area contributed by atoms with Crippen LogP contribution in [0.4, 0.5) is 15.0 Å². The Kier molecular flexibility index (Phi) is 7.61. The second-order valence-electron chi connectivity index (χ2n) is 11.3. The second-order valence-corrected chi connectivity index (χ2v) is 11.3. The van der Waals surface area contributed by atoms with Crippen molar-refractivity contribution in [2.24, 2.45) is 0 Å². The largest absolute Gasteiger partial charge is 0.444 e. The van der Waals surface area contributed by atoms with E-state index in [2.05, 4.69) is 15.3 Å². The molecule has 0 unspecified atom stereocenters. The zero-order chi connectivity index (χ0) is 29.3. The van der Waals surface area contributed by atoms with E-state index >= 15 is 0 Å². The fourth-order valence-corrected chi connectivity index (χ4v) is 4.97. The topological polar surface area (TPSA) is 128 Å². The first-order valence-corrected chi connectivity index (χ1v) is 13.6. The molecule has 11 heteroatoms. The molecule has 2 aromatic heterocycles. The summed E-state index contributed by atoms with van der Waals surface area (Å²) in [6, 6.07) is 11.9. The van der Waals surface area contributed by atoms with Crippen LogP contribution in [0.3, 0.4) is 0 Å². The van der Waals surface area contributed by atoms with Crippen molar-refractivity contribution < 1.29 is 18.7 Å². The van der Waals surface area contributed by atoms with Crippen LogP contribution in [0.5, 0.6) is 0 Å². The summed E-state index contributed by atoms with van der Waals surface area (Å²) in [6.45, 7) is 8.64. The van der Waals surface area contributed by atoms with E-state index in [9.17, 15) is 14.0 Å². The Morgan fingerprint density at radius 1 is 1.15 bits per heavy atom. The highest BCUT2D eigenvalue weighted by atomic mass is 19.1. The first-order chi connectivity index (χ1) is 19.5. The molecule has 0 aliphatic carbocycles. The predicted molar refractivity (Wildman–Crippen MR) is 154 cm³/mol. The van der Waals surface area contributed by atoms with Crippen molar-refractivity contribution in [2.75, 3.05) is 18.8 Å². The molecular weight excluding hydrogens is 525 g/mol. The van der Waals surface area contributed by atoms with E-state index in [4.69, 9.17) is 15.6 Å². The third-order valence-corrected chi connectivity index (χ3v) is 6.96. The monoisotopic (exact) mass is 559 g/mol. The number of anilines is 1. The molecule has 1 aliphatic heterocycles. The minimum atomic E-state index is -0.580. The van der Waals surface area contributed by atoms with Crippen molar-refractivity contribution in [3.8, 4) is 11.3 Å². The van der Waals surface area contributed by atoms with Gasteiger partial charge in [0.25, 0.3) is 5.91 Å². The number of rotatable bonds is 5. The van der Waals surface area contributed by atoms with Crippen LogP contribution < -0.4 is 11.1 Å². The number of amides is 2. The van der Waals surface area contributed by atoms with Gasteiger partial charge in [-0.2, -0.15) is 5.10 Å². The number of carbonyl (C=O) groups is 2. The third kappa shape index (κ3) is 6.13. The zero-order valence-electron chi connectivity index (χ0n) is 23.6. The number of nitrogens with one attached hydrogen (secondary N) is 1. The number of carbonyl (C=O) groups excluding carboxylic acids is 2. The Morgan fingerprint density at radius 3 is 2.63 bits per heavy atom. The van der Waals surface area contributed by atoms with Gasteiger partial charge < -0.3 is 20.7 Å². The molecule has 41 heavy (non-hydrogen) atoms. The lowest BCUT2D eigenvalue weighted by Crippen LogP contribution is -2.43. The van der Waals surface area contributed by atoms with Crippen molar-refractivity contribution in [1.29, 1.82) is 0 Å². The van der Waals surface area contributed by atoms with E-state index in [1.807, 2.05) is 56.6 Å². The normalized spacial score (nSPS) is 15.6. The molecule has 0 saturated carbocycles. The van der Waals surface area contributed by atoms with Crippen LogP contribution in [0.25, 0.3) is 22.3 Å². The summed E-state index contributed by atoms with van der Waals surface area (Å²) < 4.78 is 21.5. The van der Waals surface area contributed by atoms with Crippen molar-refractivity contribution in [3.05, 3.63) is 71.3 Å². The van der Waals surface area contributed by atoms with Crippen molar-refractivity contribution >= 4 is 28.9 Å². The molecular formula is C30H34FN7O3. The van der Waals surface area contributed by atoms with Gasteiger partial charge in [-0.1, -0.05) is 35.9 Å². The Balaban J connectivity index is 1.37. The Labute approximate surface area is 237 Å². The van der Waals surface area contributed by atoms with E-state index in [1.54, 1.807) is 11.0 Å². The van der Waals surface area contributed by atoms with Crippen LogP contribution in [-0.4, -0.2) is 55.3 Å². The summed E-state index contributed by atoms with van der Waals surface area (Å²) in [5, 5.41) is 8.33. The smallest absolute Gasteiger partial charge is 0.410 e. The van der Waals surface area contributed by atoms with Crippen LogP contribution in [0, 0.1) is 12.7 Å². The number of piperidine rings is 1. The van der Waals surface area contributed by atoms with Crippen LogP contribution >= 0.6 is 0 Å². The minimum Gasteiger partial charge on any atom is -0.444 e. The van der Waals surface area contributed by atoms with E-state index in [0.717, 1.165) is 29.5 Å². The highest BCUT2D eigenvalue weighted by molar-refractivity contribution is 5.98. The summed E-state index contributed by atoms with van der Waals surface area (Å²) in [7, 11) is 0. The molecule has 0 spiro atoms. The average molecular weight is 560 g/mol. The first-order valence-electron chi connectivity index (χ1n) is 13.6. The summed E-state index contributed by atoms with van der Waals surface area (Å²) in [5.74, 6) is -0.719. The van der Waals surface area contributed by atoms with Gasteiger partial charge in [0.15, 0.2) is 5.65 Å². The third-order valence-electron chi connectivity index (χ3n) is 6.96. The van der Waals surface area contributed by atoms with Gasteiger partial charge in [0, 0.05) is 25.2 Å². The van der Waals surface area contributed by atoms with Crippen molar-refractivity contribution in [1.82, 2.24) is 30.0 Å². The van der Waals surface area contributed by atoms with Gasteiger partial charge in [0.05, 0.1) is 17.0 Å². The van der Waals surface area contributed by atoms with Gasteiger partial charge in [-0.05, 0) is 58.2 Å². The van der Waals surface area contributed by atoms with Crippen LogP contribution in [0.2, 0.25) is 0 Å². The number of fused-ring (bicyclic) bond motifs is 1. The molecule has 4 aromatic rings. The summed E-state index contributed by atoms with van der Waals surface area (Å²) >= 11 is 0. The molecule has 0 bridgehead atoms. The summed E-state index contributed by atoms with van der Waals surface area (Å²) in [4.78, 5) is 35.7. The maximum Gasteiger partial charge on any atom is 0.410 e. The molecule has 214 valence electrons. The Bertz CT molecular complexity index is 1590. The lowest BCUT2D eigenvalue weighted by Gasteiger charge is -2.34. The molecule has 1 saturated heterocycles. The lowest BCUT2D eigenvalue weighted by atomic mass is 10.1. The Hall–Kier alpha value is -4.54. The first kappa shape index (κ1) is 28.0. The molecule has 2 aromatic carbocycles. The van der Waals surface area contributed by atoms with Gasteiger partial charge >= 0.3 is 6.09 Å². The van der Waals surface area contributed by atoms with Gasteiger partial charge in [-0.15, -0.1) is 0 Å². The number of aryl methyl sites for hydroxylation is 1. The molecule has 2 amide bonds. The van der Waals surface area contributed by atoms with E-state index in [1.165, 1.54) is 18.5 Å². The van der Waals surface area contributed by atoms with Crippen molar-refractivity contribution in [3.63, 3.8) is 0 Å². The average Bonchev–Trinajstić information content (AvgIpc) is 3.33. The van der Waals surface area contributed by atoms with Gasteiger partial charge in [-0.25, -0.2) is 23.8 Å². The standard InChI is InChI=1S/C30H34FN7O3/c1-18-7-12-23(31)22(14-18)28(39)33-15-19-8-10-20(11-9-19)25-24-26(32)34-17-35-27(24)38(36-25)21-6-5-13-37(16-21)29(40)41-30(2,3)4/h7-12,14,17,21H,5-6,13,15-16H2,1-4H3,(H,33,39)(H2,32,34,35)/t21-/m1/s1. The maximum atomic E-state index is 14.1. The number of benzene rings is 2. The Morgan fingerprint density at radius 2 is 1.90 bits per heavy atom. The quantitative estimate of drug-likeness (QED) is 0.351. The number of halogens is 1. The van der Waals surface area contributed by atoms with Gasteiger partial charge in [0.2, 0.25) is 0 Å². The van der Waals surface area contributed by atoms with Gasteiger partial charge in [0.1, 0.15) is 29.3 Å². The molecule has 10 nitrogen and oxygen atoms in total. The number of hydrogen-bond acceptors (Lipinski definition) is 7. The highest BCUT2D eigenvalue weighted by Gasteiger charge is 2.31. The molecule has 1 fully saturated rings. The SMILES string of the molecule is Cc1ccc(F)c(C(=O)NCc2ccc(-c3nn([C@@H]4CCCN(C(=O)OC(C)(C)C)C4)c4ncnc(N)c34)cc2)c1. The molecule has 1 aliphatic rings. The number of nitrogens with two attached hydrogens (primary N) is 1. The predicted octanol–water partition coefficient (Wildman–Crippen LogP) is 5.03. The molecule has 3 N–H and O–H groups in total. The van der Waals surface area contributed by atoms with Crippen molar-refractivity contribution in [2.45, 2.75) is 58.7 Å².